The summed E-state index contributed by atoms with van der Waals surface area (Å²) in [7, 11) is -3.66. The minimum Gasteiger partial charge on any atom is -0.367 e. The Morgan fingerprint density at radius 3 is 2.55 bits per heavy atom. The van der Waals surface area contributed by atoms with Gasteiger partial charge in [0.2, 0.25) is 10.0 Å². The number of rotatable bonds is 6. The molecule has 1 aliphatic heterocycles. The summed E-state index contributed by atoms with van der Waals surface area (Å²) in [5, 5.41) is 0.653. The van der Waals surface area contributed by atoms with Gasteiger partial charge in [0.15, 0.2) is 0 Å². The summed E-state index contributed by atoms with van der Waals surface area (Å²) in [6.45, 7) is 4.38. The second kappa shape index (κ2) is 8.12. The van der Waals surface area contributed by atoms with Crippen LogP contribution in [0.15, 0.2) is 53.7 Å². The fourth-order valence-electron chi connectivity index (χ4n) is 3.81. The molecule has 0 amide bonds. The Morgan fingerprint density at radius 2 is 1.83 bits per heavy atom. The van der Waals surface area contributed by atoms with E-state index >= 15 is 0 Å². The first-order chi connectivity index (χ1) is 14.0. The molecular formula is C21H25FN4O2S. The molecule has 2 aromatic heterocycles. The molecule has 0 spiro atoms. The third kappa shape index (κ3) is 3.74. The van der Waals surface area contributed by atoms with Gasteiger partial charge in [-0.1, -0.05) is 25.5 Å². The van der Waals surface area contributed by atoms with Crippen LogP contribution >= 0.6 is 0 Å². The van der Waals surface area contributed by atoms with E-state index in [4.69, 9.17) is 0 Å². The quantitative estimate of drug-likeness (QED) is 0.617. The number of benzene rings is 1. The number of aromatic nitrogens is 2. The number of anilines is 1. The number of hydrogen-bond acceptors (Lipinski definition) is 4. The maximum atomic E-state index is 14.1. The summed E-state index contributed by atoms with van der Waals surface area (Å²) >= 11 is 0. The number of piperazine rings is 1. The lowest BCUT2D eigenvalue weighted by molar-refractivity contribution is 0.383. The van der Waals surface area contributed by atoms with Crippen LogP contribution in [0.5, 0.6) is 0 Å². The molecule has 1 aromatic carbocycles. The Bertz CT molecular complexity index is 1100. The average Bonchev–Trinajstić information content (AvgIpc) is 3.12. The van der Waals surface area contributed by atoms with Crippen LogP contribution in [0.1, 0.15) is 19.8 Å². The molecule has 0 radical (unpaired) electrons. The van der Waals surface area contributed by atoms with Crippen molar-refractivity contribution in [3.63, 3.8) is 0 Å². The Balaban J connectivity index is 1.59. The van der Waals surface area contributed by atoms with Crippen molar-refractivity contribution >= 4 is 26.7 Å². The molecule has 6 nitrogen and oxygen atoms in total. The van der Waals surface area contributed by atoms with Gasteiger partial charge in [-0.15, -0.1) is 0 Å². The SMILES string of the molecule is CCCCn1cc(S(=O)(=O)N2CCN(c3ccccc3F)CC2)c2cccnc21. The van der Waals surface area contributed by atoms with Gasteiger partial charge in [-0.05, 0) is 30.7 Å². The van der Waals surface area contributed by atoms with Crippen molar-refractivity contribution in [3.8, 4) is 0 Å². The lowest BCUT2D eigenvalue weighted by Crippen LogP contribution is -2.48. The van der Waals surface area contributed by atoms with Gasteiger partial charge in [-0.2, -0.15) is 4.31 Å². The standard InChI is InChI=1S/C21H25FN4O2S/c1-2-3-11-25-16-20(17-7-6-10-23-21(17)25)29(27,28)26-14-12-24(13-15-26)19-9-5-4-8-18(19)22/h4-10,16H,2-3,11-15H2,1H3. The lowest BCUT2D eigenvalue weighted by atomic mass is 10.2. The maximum absolute atomic E-state index is 14.1. The fourth-order valence-corrected chi connectivity index (χ4v) is 5.43. The zero-order valence-electron chi connectivity index (χ0n) is 16.5. The van der Waals surface area contributed by atoms with Gasteiger partial charge in [0.05, 0.1) is 5.69 Å². The highest BCUT2D eigenvalue weighted by Gasteiger charge is 2.32. The van der Waals surface area contributed by atoms with Crippen molar-refractivity contribution in [2.45, 2.75) is 31.2 Å². The third-order valence-electron chi connectivity index (χ3n) is 5.40. The highest BCUT2D eigenvalue weighted by atomic mass is 32.2. The second-order valence-corrected chi connectivity index (χ2v) is 9.16. The van der Waals surface area contributed by atoms with Crippen molar-refractivity contribution < 1.29 is 12.8 Å². The Kier molecular flexibility index (Phi) is 5.56. The van der Waals surface area contributed by atoms with E-state index in [1.54, 1.807) is 36.7 Å². The highest BCUT2D eigenvalue weighted by molar-refractivity contribution is 7.89. The van der Waals surface area contributed by atoms with Crippen LogP contribution in [0, 0.1) is 5.82 Å². The van der Waals surface area contributed by atoms with Gasteiger partial charge < -0.3 is 9.47 Å². The molecule has 0 N–H and O–H groups in total. The van der Waals surface area contributed by atoms with Gasteiger partial charge in [0.1, 0.15) is 16.4 Å². The predicted molar refractivity (Wildman–Crippen MR) is 112 cm³/mol. The van der Waals surface area contributed by atoms with Crippen molar-refractivity contribution in [2.24, 2.45) is 0 Å². The van der Waals surface area contributed by atoms with E-state index in [-0.39, 0.29) is 5.82 Å². The molecule has 1 saturated heterocycles. The van der Waals surface area contributed by atoms with Crippen LogP contribution in [-0.2, 0) is 16.6 Å². The fraction of sp³-hybridized carbons (Fsp3) is 0.381. The lowest BCUT2D eigenvalue weighted by Gasteiger charge is -2.35. The Morgan fingerprint density at radius 1 is 1.07 bits per heavy atom. The predicted octanol–water partition coefficient (Wildman–Crippen LogP) is 3.49. The van der Waals surface area contributed by atoms with E-state index < -0.39 is 10.0 Å². The van der Waals surface area contributed by atoms with Crippen molar-refractivity contribution in [1.82, 2.24) is 13.9 Å². The molecule has 0 bridgehead atoms. The molecule has 4 rings (SSSR count). The van der Waals surface area contributed by atoms with Crippen molar-refractivity contribution in [2.75, 3.05) is 31.1 Å². The molecule has 0 saturated carbocycles. The van der Waals surface area contributed by atoms with E-state index in [0.29, 0.717) is 47.8 Å². The molecule has 29 heavy (non-hydrogen) atoms. The van der Waals surface area contributed by atoms with Crippen LogP contribution in [0.4, 0.5) is 10.1 Å². The zero-order valence-corrected chi connectivity index (χ0v) is 17.3. The number of para-hydroxylation sites is 1. The largest absolute Gasteiger partial charge is 0.367 e. The van der Waals surface area contributed by atoms with Crippen molar-refractivity contribution in [3.05, 3.63) is 54.6 Å². The van der Waals surface area contributed by atoms with Crippen molar-refractivity contribution in [1.29, 1.82) is 0 Å². The molecule has 3 aromatic rings. The first-order valence-electron chi connectivity index (χ1n) is 9.96. The maximum Gasteiger partial charge on any atom is 0.245 e. The second-order valence-electron chi connectivity index (χ2n) is 7.26. The Hall–Kier alpha value is -2.45. The number of fused-ring (bicyclic) bond motifs is 1. The number of sulfonamides is 1. The van der Waals surface area contributed by atoms with E-state index in [0.717, 1.165) is 19.4 Å². The van der Waals surface area contributed by atoms with Crippen LogP contribution in [-0.4, -0.2) is 48.5 Å². The van der Waals surface area contributed by atoms with Gasteiger partial charge in [0.25, 0.3) is 0 Å². The Labute approximate surface area is 170 Å². The minimum atomic E-state index is -3.66. The molecule has 3 heterocycles. The van der Waals surface area contributed by atoms with E-state index in [2.05, 4.69) is 11.9 Å². The summed E-state index contributed by atoms with van der Waals surface area (Å²) in [6.07, 6.45) is 5.38. The molecule has 154 valence electrons. The smallest absolute Gasteiger partial charge is 0.245 e. The number of aryl methyl sites for hydroxylation is 1. The van der Waals surface area contributed by atoms with Gasteiger partial charge >= 0.3 is 0 Å². The third-order valence-corrected chi connectivity index (χ3v) is 7.33. The van der Waals surface area contributed by atoms with Gasteiger partial charge in [0, 0.05) is 50.5 Å². The van der Waals surface area contributed by atoms with Crippen LogP contribution in [0.3, 0.4) is 0 Å². The number of unbranched alkanes of at least 4 members (excludes halogenated alkanes) is 1. The van der Waals surface area contributed by atoms with Crippen LogP contribution in [0.25, 0.3) is 11.0 Å². The monoisotopic (exact) mass is 416 g/mol. The summed E-state index contributed by atoms with van der Waals surface area (Å²) in [5.41, 5.74) is 1.22. The number of hydrogen-bond donors (Lipinski definition) is 0. The average molecular weight is 417 g/mol. The highest BCUT2D eigenvalue weighted by Crippen LogP contribution is 2.29. The number of nitrogens with zero attached hydrogens (tertiary/aromatic N) is 4. The van der Waals surface area contributed by atoms with Gasteiger partial charge in [-0.3, -0.25) is 0 Å². The molecule has 0 unspecified atom stereocenters. The molecule has 0 aliphatic carbocycles. The summed E-state index contributed by atoms with van der Waals surface area (Å²) < 4.78 is 44.3. The van der Waals surface area contributed by atoms with E-state index in [1.807, 2.05) is 15.5 Å². The number of halogens is 1. The molecule has 8 heteroatoms. The van der Waals surface area contributed by atoms with Crippen LogP contribution in [0.2, 0.25) is 0 Å². The van der Waals surface area contributed by atoms with E-state index in [1.165, 1.54) is 10.4 Å². The molecular weight excluding hydrogens is 391 g/mol. The topological polar surface area (TPSA) is 58.4 Å². The molecule has 1 aliphatic rings. The first kappa shape index (κ1) is 19.8. The number of pyridine rings is 1. The molecule has 0 atom stereocenters. The normalized spacial score (nSPS) is 15.9. The summed E-state index contributed by atoms with van der Waals surface area (Å²) in [5.74, 6) is -0.283. The summed E-state index contributed by atoms with van der Waals surface area (Å²) in [4.78, 5) is 6.60. The van der Waals surface area contributed by atoms with Gasteiger partial charge in [-0.25, -0.2) is 17.8 Å². The van der Waals surface area contributed by atoms with Crippen LogP contribution < -0.4 is 4.90 Å². The molecule has 1 fully saturated rings. The first-order valence-corrected chi connectivity index (χ1v) is 11.4. The summed E-state index contributed by atoms with van der Waals surface area (Å²) in [6, 6.07) is 10.2. The van der Waals surface area contributed by atoms with E-state index in [9.17, 15) is 12.8 Å². The minimum absolute atomic E-state index is 0.283. The zero-order chi connectivity index (χ0) is 20.4.